The summed E-state index contributed by atoms with van der Waals surface area (Å²) in [4.78, 5) is 11.8. The zero-order chi connectivity index (χ0) is 15.5. The van der Waals surface area contributed by atoms with Gasteiger partial charge in [0.05, 0.1) is 0 Å². The van der Waals surface area contributed by atoms with Gasteiger partial charge >= 0.3 is 0 Å². The summed E-state index contributed by atoms with van der Waals surface area (Å²) in [6.07, 6.45) is 0.0444. The molecule has 0 spiro atoms. The van der Waals surface area contributed by atoms with E-state index in [0.717, 1.165) is 0 Å². The van der Waals surface area contributed by atoms with Crippen LogP contribution < -0.4 is 10.3 Å². The summed E-state index contributed by atoms with van der Waals surface area (Å²) in [6, 6.07) is 1.04. The van der Waals surface area contributed by atoms with Gasteiger partial charge in [-0.2, -0.15) is 0 Å². The second-order valence-corrected chi connectivity index (χ2v) is 6.08. The predicted octanol–water partition coefficient (Wildman–Crippen LogP) is 1.46. The predicted molar refractivity (Wildman–Crippen MR) is 64.2 cm³/mol. The molecule has 0 heterocycles. The Hall–Kier alpha value is -1.61. The highest BCUT2D eigenvalue weighted by molar-refractivity contribution is 7.89. The first-order chi connectivity index (χ1) is 9.15. The zero-order valence-corrected chi connectivity index (χ0v) is 11.5. The Morgan fingerprint density at radius 3 is 2.35 bits per heavy atom. The fraction of sp³-hybridized carbons (Fsp3) is 0.364. The topological polar surface area (TPSA) is 75.3 Å². The minimum Gasteiger partial charge on any atom is -0.278 e. The van der Waals surface area contributed by atoms with Crippen LogP contribution in [0.25, 0.3) is 0 Å². The highest BCUT2D eigenvalue weighted by Gasteiger charge is 2.24. The van der Waals surface area contributed by atoms with Gasteiger partial charge in [0.2, 0.25) is 5.91 Å². The van der Waals surface area contributed by atoms with E-state index in [1.165, 1.54) is 0 Å². The van der Waals surface area contributed by atoms with Gasteiger partial charge in [0.25, 0.3) is 10.0 Å². The quantitative estimate of drug-likeness (QED) is 0.638. The maximum Gasteiger partial charge on any atom is 0.260 e. The van der Waals surface area contributed by atoms with Gasteiger partial charge in [-0.25, -0.2) is 21.6 Å². The molecule has 1 amide bonds. The molecule has 0 aliphatic rings. The molecule has 1 aromatic rings. The first-order valence-corrected chi connectivity index (χ1v) is 7.07. The molecule has 9 heteroatoms. The average Bonchev–Trinajstić information content (AvgIpc) is 2.32. The van der Waals surface area contributed by atoms with Crippen molar-refractivity contribution < 1.29 is 26.4 Å². The molecule has 0 fully saturated rings. The minimum absolute atomic E-state index is 0.0143. The summed E-state index contributed by atoms with van der Waals surface area (Å²) in [5, 5.41) is 0. The van der Waals surface area contributed by atoms with Gasteiger partial charge in [-0.05, 0) is 18.1 Å². The largest absolute Gasteiger partial charge is 0.278 e. The Kier molecular flexibility index (Phi) is 5.12. The molecule has 0 saturated heterocycles. The van der Waals surface area contributed by atoms with Crippen LogP contribution >= 0.6 is 0 Å². The molecule has 20 heavy (non-hydrogen) atoms. The molecule has 0 unspecified atom stereocenters. The number of amides is 1. The summed E-state index contributed by atoms with van der Waals surface area (Å²) in [7, 11) is -4.52. The summed E-state index contributed by atoms with van der Waals surface area (Å²) >= 11 is 0. The van der Waals surface area contributed by atoms with Crippen LogP contribution in [0.4, 0.5) is 13.2 Å². The van der Waals surface area contributed by atoms with E-state index in [0.29, 0.717) is 12.1 Å². The van der Waals surface area contributed by atoms with Crippen molar-refractivity contribution in [3.8, 4) is 0 Å². The van der Waals surface area contributed by atoms with E-state index in [2.05, 4.69) is 0 Å². The van der Waals surface area contributed by atoms with Gasteiger partial charge in [-0.15, -0.1) is 4.83 Å². The normalized spacial score (nSPS) is 11.7. The van der Waals surface area contributed by atoms with Crippen LogP contribution in [0.2, 0.25) is 0 Å². The zero-order valence-electron chi connectivity index (χ0n) is 10.7. The Balaban J connectivity index is 2.90. The van der Waals surface area contributed by atoms with E-state index in [-0.39, 0.29) is 12.3 Å². The first kappa shape index (κ1) is 16.4. The Morgan fingerprint density at radius 1 is 1.20 bits per heavy atom. The van der Waals surface area contributed by atoms with E-state index >= 15 is 0 Å². The molecule has 0 atom stereocenters. The maximum absolute atomic E-state index is 13.3. The fourth-order valence-corrected chi connectivity index (χ4v) is 2.25. The van der Waals surface area contributed by atoms with Crippen molar-refractivity contribution in [2.45, 2.75) is 25.2 Å². The number of nitrogens with one attached hydrogen (secondary N) is 2. The standard InChI is InChI=1S/C11H13F3N2O3S/c1-6(2)5-9(17)15-16-20(18,19)8-4-3-7(12)10(13)11(8)14/h3-4,6,16H,5H2,1-2H3,(H,15,17). The summed E-state index contributed by atoms with van der Waals surface area (Å²) in [6.45, 7) is 3.48. The lowest BCUT2D eigenvalue weighted by atomic mass is 10.1. The van der Waals surface area contributed by atoms with E-state index in [9.17, 15) is 26.4 Å². The van der Waals surface area contributed by atoms with Crippen molar-refractivity contribution in [3.05, 3.63) is 29.6 Å². The first-order valence-electron chi connectivity index (χ1n) is 5.59. The number of rotatable bonds is 5. The molecule has 0 bridgehead atoms. The lowest BCUT2D eigenvalue weighted by molar-refractivity contribution is -0.122. The molecule has 0 aliphatic carbocycles. The van der Waals surface area contributed by atoms with Crippen molar-refractivity contribution in [1.82, 2.24) is 10.3 Å². The summed E-state index contributed by atoms with van der Waals surface area (Å²) in [5.74, 6) is -5.91. The molecule has 0 aliphatic heterocycles. The highest BCUT2D eigenvalue weighted by Crippen LogP contribution is 2.19. The van der Waals surface area contributed by atoms with Crippen LogP contribution in [0.15, 0.2) is 17.0 Å². The monoisotopic (exact) mass is 310 g/mol. The van der Waals surface area contributed by atoms with Crippen molar-refractivity contribution in [1.29, 1.82) is 0 Å². The van der Waals surface area contributed by atoms with Crippen LogP contribution in [0.1, 0.15) is 20.3 Å². The number of sulfonamides is 1. The van der Waals surface area contributed by atoms with Crippen molar-refractivity contribution in [2.24, 2.45) is 5.92 Å². The summed E-state index contributed by atoms with van der Waals surface area (Å²) < 4.78 is 62.3. The number of hydrogen-bond acceptors (Lipinski definition) is 3. The molecule has 0 saturated carbocycles. The van der Waals surface area contributed by atoms with Gasteiger partial charge in [-0.3, -0.25) is 10.2 Å². The lowest BCUT2D eigenvalue weighted by Gasteiger charge is -2.10. The summed E-state index contributed by atoms with van der Waals surface area (Å²) in [5.41, 5.74) is 1.85. The SMILES string of the molecule is CC(C)CC(=O)NNS(=O)(=O)c1ccc(F)c(F)c1F. The molecular formula is C11H13F3N2O3S. The number of carbonyl (C=O) groups is 1. The Labute approximate surface area is 114 Å². The van der Waals surface area contributed by atoms with Crippen LogP contribution in [0, 0.1) is 23.4 Å². The third kappa shape index (κ3) is 3.94. The van der Waals surface area contributed by atoms with Gasteiger partial charge < -0.3 is 0 Å². The minimum atomic E-state index is -4.52. The van der Waals surface area contributed by atoms with Crippen LogP contribution in [0.3, 0.4) is 0 Å². The van der Waals surface area contributed by atoms with Gasteiger partial charge in [-0.1, -0.05) is 13.8 Å². The van der Waals surface area contributed by atoms with Crippen LogP contribution in [-0.2, 0) is 14.8 Å². The van der Waals surface area contributed by atoms with Gasteiger partial charge in [0.1, 0.15) is 4.90 Å². The second kappa shape index (κ2) is 6.23. The third-order valence-corrected chi connectivity index (χ3v) is 3.47. The maximum atomic E-state index is 13.3. The second-order valence-electron chi connectivity index (χ2n) is 4.43. The van der Waals surface area contributed by atoms with E-state index in [1.807, 2.05) is 5.43 Å². The number of halogens is 3. The van der Waals surface area contributed by atoms with Gasteiger partial charge in [0, 0.05) is 6.42 Å². The van der Waals surface area contributed by atoms with Crippen molar-refractivity contribution in [2.75, 3.05) is 0 Å². The van der Waals surface area contributed by atoms with Crippen LogP contribution in [0.5, 0.6) is 0 Å². The number of hydrazine groups is 1. The smallest absolute Gasteiger partial charge is 0.260 e. The highest BCUT2D eigenvalue weighted by atomic mass is 32.2. The molecular weight excluding hydrogens is 297 g/mol. The van der Waals surface area contributed by atoms with E-state index < -0.39 is 38.3 Å². The van der Waals surface area contributed by atoms with Gasteiger partial charge in [0.15, 0.2) is 17.5 Å². The Bertz CT molecular complexity index is 618. The molecule has 2 N–H and O–H groups in total. The average molecular weight is 310 g/mol. The molecule has 5 nitrogen and oxygen atoms in total. The molecule has 112 valence electrons. The molecule has 0 radical (unpaired) electrons. The Morgan fingerprint density at radius 2 is 1.80 bits per heavy atom. The van der Waals surface area contributed by atoms with E-state index in [4.69, 9.17) is 0 Å². The van der Waals surface area contributed by atoms with Crippen LogP contribution in [-0.4, -0.2) is 14.3 Å². The molecule has 1 rings (SSSR count). The van der Waals surface area contributed by atoms with E-state index in [1.54, 1.807) is 18.7 Å². The number of benzene rings is 1. The molecule has 0 aromatic heterocycles. The lowest BCUT2D eigenvalue weighted by Crippen LogP contribution is -2.42. The number of hydrogen-bond donors (Lipinski definition) is 2. The fourth-order valence-electron chi connectivity index (χ4n) is 1.32. The van der Waals surface area contributed by atoms with Crippen molar-refractivity contribution >= 4 is 15.9 Å². The molecule has 1 aromatic carbocycles. The third-order valence-electron chi connectivity index (χ3n) is 2.21. The van der Waals surface area contributed by atoms with Crippen molar-refractivity contribution in [3.63, 3.8) is 0 Å². The number of carbonyl (C=O) groups excluding carboxylic acids is 1.